The van der Waals surface area contributed by atoms with E-state index >= 15 is 0 Å². The van der Waals surface area contributed by atoms with E-state index in [-0.39, 0.29) is 5.91 Å². The molecule has 0 bridgehead atoms. The minimum atomic E-state index is -0.402. The average molecular weight is 420 g/mol. The number of hydrogen-bond acceptors (Lipinski definition) is 5. The van der Waals surface area contributed by atoms with E-state index in [4.69, 9.17) is 9.47 Å². The van der Waals surface area contributed by atoms with Crippen molar-refractivity contribution in [3.63, 3.8) is 0 Å². The van der Waals surface area contributed by atoms with Gasteiger partial charge in [-0.3, -0.25) is 9.78 Å². The van der Waals surface area contributed by atoms with Gasteiger partial charge >= 0.3 is 0 Å². The van der Waals surface area contributed by atoms with Crippen molar-refractivity contribution in [1.82, 2.24) is 15.2 Å². The Kier molecular flexibility index (Phi) is 5.83. The Bertz CT molecular complexity index is 1110. The van der Waals surface area contributed by atoms with Crippen molar-refractivity contribution in [1.29, 1.82) is 0 Å². The van der Waals surface area contributed by atoms with Crippen molar-refractivity contribution in [2.75, 3.05) is 34.4 Å². The van der Waals surface area contributed by atoms with E-state index in [1.165, 1.54) is 0 Å². The number of likely N-dealkylation sites (N-methyl/N-ethyl adjacent to an activating group) is 1. The number of hydrogen-bond donors (Lipinski definition) is 1. The van der Waals surface area contributed by atoms with Crippen LogP contribution in [0.2, 0.25) is 0 Å². The van der Waals surface area contributed by atoms with E-state index in [1.807, 2.05) is 63.5 Å². The van der Waals surface area contributed by atoms with Gasteiger partial charge < -0.3 is 19.7 Å². The first-order chi connectivity index (χ1) is 14.9. The number of rotatable bonds is 8. The maximum atomic E-state index is 13.3. The Balaban J connectivity index is 1.60. The van der Waals surface area contributed by atoms with Gasteiger partial charge in [-0.25, -0.2) is 0 Å². The van der Waals surface area contributed by atoms with Crippen molar-refractivity contribution in [2.45, 2.75) is 25.3 Å². The number of amides is 1. The van der Waals surface area contributed by atoms with Crippen molar-refractivity contribution in [2.24, 2.45) is 0 Å². The molecule has 1 fully saturated rings. The quantitative estimate of drug-likeness (QED) is 0.600. The van der Waals surface area contributed by atoms with Crippen LogP contribution < -0.4 is 14.8 Å². The van der Waals surface area contributed by atoms with Crippen LogP contribution >= 0.6 is 0 Å². The van der Waals surface area contributed by atoms with Crippen LogP contribution in [0, 0.1) is 6.92 Å². The molecule has 1 amide bonds. The fraction of sp³-hybridized carbons (Fsp3) is 0.360. The molecule has 6 heteroatoms. The molecule has 0 saturated heterocycles. The number of ether oxygens (including phenoxy) is 2. The van der Waals surface area contributed by atoms with Crippen LogP contribution in [0.25, 0.3) is 10.9 Å². The maximum absolute atomic E-state index is 13.3. The zero-order valence-corrected chi connectivity index (χ0v) is 18.6. The highest BCUT2D eigenvalue weighted by molar-refractivity contribution is 5.97. The normalized spacial score (nSPS) is 14.5. The third-order valence-electron chi connectivity index (χ3n) is 5.81. The topological polar surface area (TPSA) is 63.7 Å². The molecule has 1 aromatic heterocycles. The third kappa shape index (κ3) is 4.49. The van der Waals surface area contributed by atoms with Crippen molar-refractivity contribution in [3.8, 4) is 11.5 Å². The summed E-state index contributed by atoms with van der Waals surface area (Å²) in [6.07, 6.45) is 3.54. The number of aryl methyl sites for hydroxylation is 1. The van der Waals surface area contributed by atoms with E-state index in [0.717, 1.165) is 47.2 Å². The number of aromatic nitrogens is 1. The molecule has 31 heavy (non-hydrogen) atoms. The first-order valence-corrected chi connectivity index (χ1v) is 10.6. The monoisotopic (exact) mass is 419 g/mol. The molecule has 2 aromatic carbocycles. The van der Waals surface area contributed by atoms with Gasteiger partial charge in [-0.1, -0.05) is 12.1 Å². The van der Waals surface area contributed by atoms with Crippen LogP contribution in [0.3, 0.4) is 0 Å². The Morgan fingerprint density at radius 2 is 1.97 bits per heavy atom. The molecule has 4 rings (SSSR count). The largest absolute Gasteiger partial charge is 0.497 e. The summed E-state index contributed by atoms with van der Waals surface area (Å²) >= 11 is 0. The zero-order valence-electron chi connectivity index (χ0n) is 18.6. The number of nitrogens with one attached hydrogen (secondary N) is 1. The van der Waals surface area contributed by atoms with Crippen LogP contribution in [-0.2, 0) is 5.54 Å². The summed E-state index contributed by atoms with van der Waals surface area (Å²) in [4.78, 5) is 19.8. The van der Waals surface area contributed by atoms with Crippen LogP contribution in [0.4, 0.5) is 0 Å². The molecule has 1 aliphatic rings. The third-order valence-corrected chi connectivity index (χ3v) is 5.81. The summed E-state index contributed by atoms with van der Waals surface area (Å²) in [5, 5.41) is 4.34. The number of pyridine rings is 1. The molecule has 0 aliphatic heterocycles. The number of nitrogens with zero attached hydrogens (tertiary/aromatic N) is 2. The van der Waals surface area contributed by atoms with E-state index in [2.05, 4.69) is 15.2 Å². The molecule has 0 atom stereocenters. The average Bonchev–Trinajstić information content (AvgIpc) is 3.54. The molecule has 6 nitrogen and oxygen atoms in total. The summed E-state index contributed by atoms with van der Waals surface area (Å²) in [5.74, 6) is 1.36. The first kappa shape index (κ1) is 21.1. The second-order valence-electron chi connectivity index (χ2n) is 8.41. The molecular weight excluding hydrogens is 390 g/mol. The van der Waals surface area contributed by atoms with Crippen LogP contribution in [0.15, 0.2) is 48.7 Å². The molecule has 1 saturated carbocycles. The minimum absolute atomic E-state index is 0.0899. The summed E-state index contributed by atoms with van der Waals surface area (Å²) in [6, 6.07) is 13.6. The van der Waals surface area contributed by atoms with Gasteiger partial charge in [0.1, 0.15) is 18.1 Å². The molecule has 0 unspecified atom stereocenters. The lowest BCUT2D eigenvalue weighted by atomic mass is 9.97. The maximum Gasteiger partial charge on any atom is 0.252 e. The van der Waals surface area contributed by atoms with E-state index in [1.54, 1.807) is 13.3 Å². The van der Waals surface area contributed by atoms with Crippen molar-refractivity contribution < 1.29 is 14.3 Å². The van der Waals surface area contributed by atoms with Gasteiger partial charge in [0, 0.05) is 29.8 Å². The van der Waals surface area contributed by atoms with Crippen molar-refractivity contribution in [3.05, 3.63) is 65.4 Å². The zero-order chi connectivity index (χ0) is 22.0. The van der Waals surface area contributed by atoms with Gasteiger partial charge in [-0.2, -0.15) is 0 Å². The number of carbonyl (C=O) groups is 1. The second-order valence-corrected chi connectivity index (χ2v) is 8.41. The Morgan fingerprint density at radius 1 is 1.16 bits per heavy atom. The van der Waals surface area contributed by atoms with Crippen LogP contribution in [0.5, 0.6) is 11.5 Å². The first-order valence-electron chi connectivity index (χ1n) is 10.6. The molecule has 162 valence electrons. The lowest BCUT2D eigenvalue weighted by Gasteiger charge is -2.21. The molecule has 1 N–H and O–H groups in total. The number of fused-ring (bicyclic) bond motifs is 1. The van der Waals surface area contributed by atoms with Gasteiger partial charge in [0.05, 0.1) is 18.2 Å². The Hall–Kier alpha value is -3.12. The lowest BCUT2D eigenvalue weighted by molar-refractivity contribution is 0.0930. The van der Waals surface area contributed by atoms with Crippen LogP contribution in [0.1, 0.15) is 34.3 Å². The molecular formula is C25H29N3O3. The van der Waals surface area contributed by atoms with Gasteiger partial charge in [0.2, 0.25) is 0 Å². The Morgan fingerprint density at radius 3 is 2.68 bits per heavy atom. The second kappa shape index (κ2) is 8.55. The fourth-order valence-electron chi connectivity index (χ4n) is 3.82. The minimum Gasteiger partial charge on any atom is -0.497 e. The smallest absolute Gasteiger partial charge is 0.252 e. The summed E-state index contributed by atoms with van der Waals surface area (Å²) < 4.78 is 11.3. The summed E-state index contributed by atoms with van der Waals surface area (Å²) in [6.45, 7) is 3.34. The number of methoxy groups -OCH3 is 1. The van der Waals surface area contributed by atoms with E-state index in [0.29, 0.717) is 17.9 Å². The molecule has 1 heterocycles. The highest BCUT2D eigenvalue weighted by atomic mass is 16.5. The van der Waals surface area contributed by atoms with E-state index in [9.17, 15) is 4.79 Å². The highest BCUT2D eigenvalue weighted by Gasteiger charge is 2.47. The summed E-state index contributed by atoms with van der Waals surface area (Å²) in [7, 11) is 5.66. The van der Waals surface area contributed by atoms with Gasteiger partial charge in [-0.05, 0) is 69.3 Å². The number of carbonyl (C=O) groups excluding carboxylic acids is 1. The molecule has 3 aromatic rings. The molecule has 1 aliphatic carbocycles. The van der Waals surface area contributed by atoms with Gasteiger partial charge in [0.15, 0.2) is 0 Å². The predicted octanol–water partition coefficient (Wildman–Crippen LogP) is 3.91. The highest BCUT2D eigenvalue weighted by Crippen LogP contribution is 2.49. The van der Waals surface area contributed by atoms with Gasteiger partial charge in [0.25, 0.3) is 5.91 Å². The lowest BCUT2D eigenvalue weighted by Crippen LogP contribution is -2.35. The Labute approximate surface area is 183 Å². The predicted molar refractivity (Wildman–Crippen MR) is 122 cm³/mol. The standard InChI is InChI=1S/C25H29N3O3/c1-17-7-8-18(31-13-12-28(2)3)14-21(17)24(29)27-25(9-10-25)22-15-19(30-4)16-23-20(22)6-5-11-26-23/h5-8,11,14-16H,9-10,12-13H2,1-4H3,(H,27,29). The SMILES string of the molecule is COc1cc(C2(NC(=O)c3cc(OCCN(C)C)ccc3C)CC2)c2cccnc2c1. The summed E-state index contributed by atoms with van der Waals surface area (Å²) in [5.41, 5.74) is 3.08. The fourth-order valence-corrected chi connectivity index (χ4v) is 3.82. The van der Waals surface area contributed by atoms with E-state index < -0.39 is 5.54 Å². The van der Waals surface area contributed by atoms with Gasteiger partial charge in [-0.15, -0.1) is 0 Å². The number of benzene rings is 2. The van der Waals surface area contributed by atoms with Crippen LogP contribution in [-0.4, -0.2) is 50.1 Å². The molecule has 0 spiro atoms. The molecule has 0 radical (unpaired) electrons. The van der Waals surface area contributed by atoms with Crippen molar-refractivity contribution >= 4 is 16.8 Å².